The second kappa shape index (κ2) is 6.65. The predicted molar refractivity (Wildman–Crippen MR) is 93.7 cm³/mol. The fourth-order valence-corrected chi connectivity index (χ4v) is 3.62. The van der Waals surface area contributed by atoms with Crippen LogP contribution in [0.4, 0.5) is 18.9 Å². The van der Waals surface area contributed by atoms with E-state index >= 15 is 0 Å². The van der Waals surface area contributed by atoms with Crippen LogP contribution < -0.4 is 11.1 Å². The summed E-state index contributed by atoms with van der Waals surface area (Å²) in [6.07, 6.45) is -3.02. The quantitative estimate of drug-likeness (QED) is 0.706. The zero-order chi connectivity index (χ0) is 19.9. The number of halogens is 3. The van der Waals surface area contributed by atoms with Crippen molar-refractivity contribution < 1.29 is 22.8 Å². The number of anilines is 1. The summed E-state index contributed by atoms with van der Waals surface area (Å²) in [5.41, 5.74) is 4.62. The van der Waals surface area contributed by atoms with Crippen molar-refractivity contribution in [1.29, 1.82) is 0 Å². The molecule has 0 aliphatic heterocycles. The number of carbonyl (C=O) groups is 2. The minimum atomic E-state index is -4.63. The molecule has 3 N–H and O–H groups in total. The Balaban J connectivity index is 2.11. The lowest BCUT2D eigenvalue weighted by molar-refractivity contribution is -0.141. The van der Waals surface area contributed by atoms with Crippen molar-refractivity contribution in [2.45, 2.75) is 26.6 Å². The number of aromatic nitrogens is 3. The molecule has 2 amide bonds. The highest BCUT2D eigenvalue weighted by Crippen LogP contribution is 2.39. The number of carbonyl (C=O) groups excluding carboxylic acids is 2. The number of aryl methyl sites for hydroxylation is 2. The Morgan fingerprint density at radius 2 is 2.07 bits per heavy atom. The Kier molecular flexibility index (Phi) is 4.64. The van der Waals surface area contributed by atoms with Crippen LogP contribution in [0.3, 0.4) is 0 Å². The second-order valence-electron chi connectivity index (χ2n) is 5.68. The van der Waals surface area contributed by atoms with Gasteiger partial charge in [0.25, 0.3) is 11.8 Å². The van der Waals surface area contributed by atoms with E-state index in [1.54, 1.807) is 6.20 Å². The number of pyridine rings is 1. The molecule has 11 heteroatoms. The molecular weight excluding hydrogens is 383 g/mol. The maximum Gasteiger partial charge on any atom is 0.433 e. The first-order valence-electron chi connectivity index (χ1n) is 7.77. The van der Waals surface area contributed by atoms with Crippen LogP contribution in [0.15, 0.2) is 18.3 Å². The maximum atomic E-state index is 13.0. The number of nitrogens with one attached hydrogen (secondary N) is 1. The van der Waals surface area contributed by atoms with Gasteiger partial charge in [-0.2, -0.15) is 18.3 Å². The van der Waals surface area contributed by atoms with Crippen molar-refractivity contribution in [3.63, 3.8) is 0 Å². The molecule has 0 aliphatic rings. The Bertz CT molecular complexity index is 1050. The van der Waals surface area contributed by atoms with Gasteiger partial charge >= 0.3 is 6.18 Å². The average molecular weight is 397 g/mol. The highest BCUT2D eigenvalue weighted by Gasteiger charge is 2.34. The summed E-state index contributed by atoms with van der Waals surface area (Å²) in [4.78, 5) is 27.7. The minimum Gasteiger partial charge on any atom is -0.365 e. The summed E-state index contributed by atoms with van der Waals surface area (Å²) >= 11 is 0.697. The van der Waals surface area contributed by atoms with E-state index < -0.39 is 23.7 Å². The Labute approximate surface area is 155 Å². The van der Waals surface area contributed by atoms with Gasteiger partial charge in [0.15, 0.2) is 5.69 Å². The van der Waals surface area contributed by atoms with Crippen molar-refractivity contribution in [3.05, 3.63) is 40.2 Å². The molecule has 0 aliphatic carbocycles. The molecule has 3 aromatic heterocycles. The van der Waals surface area contributed by atoms with Crippen LogP contribution in [0.1, 0.15) is 38.3 Å². The number of hydrogen-bond acceptors (Lipinski definition) is 5. The molecule has 27 heavy (non-hydrogen) atoms. The third kappa shape index (κ3) is 3.50. The molecule has 0 saturated heterocycles. The Hall–Kier alpha value is -2.95. The summed E-state index contributed by atoms with van der Waals surface area (Å²) in [5.74, 6) is -1.48. The zero-order valence-corrected chi connectivity index (χ0v) is 15.0. The molecule has 0 unspecified atom stereocenters. The van der Waals surface area contributed by atoms with E-state index in [0.29, 0.717) is 17.9 Å². The monoisotopic (exact) mass is 397 g/mol. The van der Waals surface area contributed by atoms with E-state index in [-0.39, 0.29) is 32.0 Å². The van der Waals surface area contributed by atoms with Crippen molar-refractivity contribution in [1.82, 2.24) is 14.8 Å². The summed E-state index contributed by atoms with van der Waals surface area (Å²) in [5, 5.41) is 6.84. The average Bonchev–Trinajstić information content (AvgIpc) is 3.19. The zero-order valence-electron chi connectivity index (χ0n) is 14.2. The number of primary amides is 1. The number of thiophene rings is 1. The molecule has 0 fully saturated rings. The molecule has 0 radical (unpaired) electrons. The molecule has 142 valence electrons. The predicted octanol–water partition coefficient (Wildman–Crippen LogP) is 3.19. The number of fused-ring (bicyclic) bond motifs is 1. The summed E-state index contributed by atoms with van der Waals surface area (Å²) in [7, 11) is 0. The number of alkyl halides is 3. The Morgan fingerprint density at radius 3 is 2.63 bits per heavy atom. The van der Waals surface area contributed by atoms with Crippen molar-refractivity contribution in [3.8, 4) is 0 Å². The second-order valence-corrected chi connectivity index (χ2v) is 6.68. The van der Waals surface area contributed by atoms with E-state index in [9.17, 15) is 22.8 Å². The Morgan fingerprint density at radius 1 is 1.37 bits per heavy atom. The summed E-state index contributed by atoms with van der Waals surface area (Å²) < 4.78 is 40.5. The highest BCUT2D eigenvalue weighted by atomic mass is 32.1. The molecule has 0 bridgehead atoms. The first-order valence-corrected chi connectivity index (χ1v) is 8.59. The van der Waals surface area contributed by atoms with Crippen LogP contribution >= 0.6 is 11.3 Å². The van der Waals surface area contributed by atoms with Gasteiger partial charge in [0, 0.05) is 18.1 Å². The van der Waals surface area contributed by atoms with E-state index in [4.69, 9.17) is 5.73 Å². The van der Waals surface area contributed by atoms with Gasteiger partial charge in [-0.15, -0.1) is 11.3 Å². The van der Waals surface area contributed by atoms with Gasteiger partial charge < -0.3 is 11.1 Å². The van der Waals surface area contributed by atoms with Crippen LogP contribution in [0.2, 0.25) is 0 Å². The summed E-state index contributed by atoms with van der Waals surface area (Å²) in [6.45, 7) is 3.85. The number of rotatable bonds is 4. The van der Waals surface area contributed by atoms with Crippen LogP contribution in [0.25, 0.3) is 10.2 Å². The lowest BCUT2D eigenvalue weighted by Gasteiger charge is -2.09. The van der Waals surface area contributed by atoms with Gasteiger partial charge in [-0.3, -0.25) is 14.3 Å². The lowest BCUT2D eigenvalue weighted by atomic mass is 10.1. The molecule has 3 aromatic rings. The number of nitrogens with two attached hydrogens (primary N) is 1. The number of amides is 2. The lowest BCUT2D eigenvalue weighted by Crippen LogP contribution is -2.17. The summed E-state index contributed by atoms with van der Waals surface area (Å²) in [6, 6.07) is 2.35. The van der Waals surface area contributed by atoms with E-state index in [2.05, 4.69) is 15.4 Å². The van der Waals surface area contributed by atoms with Gasteiger partial charge in [-0.25, -0.2) is 4.98 Å². The first-order chi connectivity index (χ1) is 12.6. The maximum absolute atomic E-state index is 13.0. The first kappa shape index (κ1) is 18.8. The van der Waals surface area contributed by atoms with E-state index in [1.807, 2.05) is 6.92 Å². The fraction of sp³-hybridized carbons (Fsp3) is 0.250. The van der Waals surface area contributed by atoms with Gasteiger partial charge in [0.2, 0.25) is 0 Å². The number of hydrogen-bond donors (Lipinski definition) is 2. The molecular formula is C16H14F3N5O2S. The third-order valence-corrected chi connectivity index (χ3v) is 4.91. The third-order valence-electron chi connectivity index (χ3n) is 3.81. The van der Waals surface area contributed by atoms with Gasteiger partial charge in [0.05, 0.1) is 5.69 Å². The largest absolute Gasteiger partial charge is 0.433 e. The van der Waals surface area contributed by atoms with Gasteiger partial charge in [-0.05, 0) is 31.5 Å². The highest BCUT2D eigenvalue weighted by molar-refractivity contribution is 7.21. The topological polar surface area (TPSA) is 103 Å². The molecule has 0 saturated carbocycles. The molecule has 0 aromatic carbocycles. The minimum absolute atomic E-state index is 0.0366. The van der Waals surface area contributed by atoms with Gasteiger partial charge in [0.1, 0.15) is 15.4 Å². The van der Waals surface area contributed by atoms with Crippen molar-refractivity contribution in [2.75, 3.05) is 5.32 Å². The van der Waals surface area contributed by atoms with E-state index in [0.717, 1.165) is 6.07 Å². The molecule has 3 heterocycles. The van der Waals surface area contributed by atoms with Gasteiger partial charge in [-0.1, -0.05) is 0 Å². The smallest absolute Gasteiger partial charge is 0.365 e. The van der Waals surface area contributed by atoms with Crippen LogP contribution in [0.5, 0.6) is 0 Å². The SMILES string of the molecule is CCn1ccc(C(=O)Nc2c(C(N)=O)sc3nc(C(F)(F)F)cc(C)c23)n1. The van der Waals surface area contributed by atoms with Crippen molar-refractivity contribution >= 4 is 39.1 Å². The normalized spacial score (nSPS) is 11.7. The van der Waals surface area contributed by atoms with Crippen molar-refractivity contribution in [2.24, 2.45) is 5.73 Å². The number of nitrogens with zero attached hydrogens (tertiary/aromatic N) is 3. The standard InChI is InChI=1S/C16H14F3N5O2S/c1-3-24-5-4-8(23-24)14(26)22-11-10-7(2)6-9(16(17,18)19)21-15(10)27-12(11)13(20)25/h4-6H,3H2,1-2H3,(H2,20,25)(H,22,26). The van der Waals surface area contributed by atoms with Crippen LogP contribution in [-0.2, 0) is 12.7 Å². The molecule has 3 rings (SSSR count). The van der Waals surface area contributed by atoms with Crippen LogP contribution in [-0.4, -0.2) is 26.6 Å². The van der Waals surface area contributed by atoms with E-state index in [1.165, 1.54) is 17.7 Å². The molecule has 7 nitrogen and oxygen atoms in total. The molecule has 0 atom stereocenters. The molecule has 0 spiro atoms. The van der Waals surface area contributed by atoms with Crippen LogP contribution in [0, 0.1) is 6.92 Å². The fourth-order valence-electron chi connectivity index (χ4n) is 2.56.